The Labute approximate surface area is 193 Å². The van der Waals surface area contributed by atoms with E-state index >= 15 is 0 Å². The molecule has 2 rings (SSSR count). The molecular formula is C19H12F10N2O5. The first-order chi connectivity index (χ1) is 16.4. The van der Waals surface area contributed by atoms with Gasteiger partial charge in [-0.25, -0.2) is 8.78 Å². The number of rotatable bonds is 9. The molecule has 0 saturated heterocycles. The number of amides is 1. The molecule has 17 heteroatoms. The zero-order chi connectivity index (χ0) is 27.5. The van der Waals surface area contributed by atoms with Crippen LogP contribution in [0.3, 0.4) is 0 Å². The predicted octanol–water partition coefficient (Wildman–Crippen LogP) is 6.09. The second-order valence-corrected chi connectivity index (χ2v) is 6.86. The van der Waals surface area contributed by atoms with Gasteiger partial charge in [-0.2, -0.15) is 35.1 Å². The molecular weight excluding hydrogens is 526 g/mol. The summed E-state index contributed by atoms with van der Waals surface area (Å²) in [6.45, 7) is -3.89. The Hall–Kier alpha value is -3.79. The van der Waals surface area contributed by atoms with Crippen molar-refractivity contribution in [3.05, 3.63) is 57.6 Å². The summed E-state index contributed by atoms with van der Waals surface area (Å²) < 4.78 is 136. The maximum Gasteiger partial charge on any atom is 0.422 e. The van der Waals surface area contributed by atoms with Crippen LogP contribution in [0.2, 0.25) is 0 Å². The Balaban J connectivity index is 2.36. The van der Waals surface area contributed by atoms with Crippen molar-refractivity contribution in [2.45, 2.75) is 24.7 Å². The van der Waals surface area contributed by atoms with Crippen LogP contribution in [-0.2, 0) is 6.18 Å². The van der Waals surface area contributed by atoms with E-state index in [4.69, 9.17) is 0 Å². The Morgan fingerprint density at radius 2 is 1.50 bits per heavy atom. The van der Waals surface area contributed by atoms with E-state index in [1.165, 1.54) is 0 Å². The highest BCUT2D eigenvalue weighted by Crippen LogP contribution is 2.36. The maximum absolute atomic E-state index is 13.0. The van der Waals surface area contributed by atoms with Crippen LogP contribution >= 0.6 is 0 Å². The second-order valence-electron chi connectivity index (χ2n) is 6.86. The second kappa shape index (κ2) is 10.4. The van der Waals surface area contributed by atoms with E-state index in [0.717, 1.165) is 0 Å². The number of nitrogens with zero attached hydrogens (tertiary/aromatic N) is 1. The zero-order valence-corrected chi connectivity index (χ0v) is 17.2. The lowest BCUT2D eigenvalue weighted by Gasteiger charge is -2.17. The fourth-order valence-corrected chi connectivity index (χ4v) is 2.44. The summed E-state index contributed by atoms with van der Waals surface area (Å²) in [6.07, 6.45) is -14.0. The van der Waals surface area contributed by atoms with Gasteiger partial charge in [-0.3, -0.25) is 14.9 Å². The summed E-state index contributed by atoms with van der Waals surface area (Å²) in [5.74, 6) is -7.80. The number of carbonyl (C=O) groups excluding carboxylic acids is 1. The molecule has 0 radical (unpaired) electrons. The first kappa shape index (κ1) is 28.4. The van der Waals surface area contributed by atoms with Crippen molar-refractivity contribution in [2.75, 3.05) is 18.5 Å². The van der Waals surface area contributed by atoms with Crippen molar-refractivity contribution in [1.82, 2.24) is 0 Å². The van der Waals surface area contributed by atoms with E-state index in [-0.39, 0.29) is 6.07 Å². The average molecular weight is 538 g/mol. The number of alkyl halides is 10. The molecule has 0 aromatic heterocycles. The first-order valence-corrected chi connectivity index (χ1v) is 9.20. The molecule has 2 aromatic carbocycles. The Bertz CT molecular complexity index is 1120. The van der Waals surface area contributed by atoms with E-state index in [1.54, 1.807) is 0 Å². The van der Waals surface area contributed by atoms with Crippen LogP contribution in [0.1, 0.15) is 15.9 Å². The number of nitro benzene ring substituents is 1. The lowest BCUT2D eigenvalue weighted by Crippen LogP contribution is -2.33. The normalized spacial score (nSPS) is 12.4. The highest BCUT2D eigenvalue weighted by atomic mass is 19.4. The zero-order valence-electron chi connectivity index (χ0n) is 17.2. The number of anilines is 1. The fraction of sp³-hybridized carbons (Fsp3) is 0.316. The van der Waals surface area contributed by atoms with E-state index in [1.807, 2.05) is 5.32 Å². The van der Waals surface area contributed by atoms with Crippen molar-refractivity contribution in [2.24, 2.45) is 0 Å². The van der Waals surface area contributed by atoms with Crippen molar-refractivity contribution in [3.8, 4) is 11.5 Å². The molecule has 0 aliphatic rings. The third-order valence-corrected chi connectivity index (χ3v) is 4.10. The molecule has 1 N–H and O–H groups in total. The minimum Gasteiger partial charge on any atom is -0.482 e. The molecule has 0 atom stereocenters. The Morgan fingerprint density at radius 1 is 0.917 bits per heavy atom. The highest BCUT2D eigenvalue weighted by molar-refractivity contribution is 6.05. The molecule has 198 valence electrons. The van der Waals surface area contributed by atoms with Gasteiger partial charge in [-0.15, -0.1) is 0 Å². The van der Waals surface area contributed by atoms with Gasteiger partial charge in [-0.1, -0.05) is 0 Å². The van der Waals surface area contributed by atoms with E-state index in [9.17, 15) is 58.8 Å². The summed E-state index contributed by atoms with van der Waals surface area (Å²) in [6, 6.07) is 2.86. The van der Waals surface area contributed by atoms with Crippen LogP contribution < -0.4 is 14.8 Å². The van der Waals surface area contributed by atoms with Crippen LogP contribution in [0.5, 0.6) is 11.5 Å². The quantitative estimate of drug-likeness (QED) is 0.237. The molecule has 2 aromatic rings. The highest BCUT2D eigenvalue weighted by Gasteiger charge is 2.42. The number of hydrogen-bond acceptors (Lipinski definition) is 5. The Kier molecular flexibility index (Phi) is 8.26. The summed E-state index contributed by atoms with van der Waals surface area (Å²) in [7, 11) is 0. The number of hydrogen-bond donors (Lipinski definition) is 1. The van der Waals surface area contributed by atoms with E-state index < -0.39 is 82.7 Å². The maximum atomic E-state index is 13.0. The molecule has 0 spiro atoms. The van der Waals surface area contributed by atoms with Gasteiger partial charge in [0, 0.05) is 11.6 Å². The summed E-state index contributed by atoms with van der Waals surface area (Å²) in [5.41, 5.74) is -4.08. The molecule has 1 amide bonds. The van der Waals surface area contributed by atoms with Gasteiger partial charge in [0.15, 0.2) is 19.0 Å². The van der Waals surface area contributed by atoms with Gasteiger partial charge < -0.3 is 14.8 Å². The number of ether oxygens (including phenoxy) is 2. The lowest BCUT2D eigenvalue weighted by atomic mass is 10.1. The third-order valence-electron chi connectivity index (χ3n) is 4.10. The van der Waals surface area contributed by atoms with Crippen LogP contribution in [0, 0.1) is 10.1 Å². The minimum absolute atomic E-state index is 0.252. The van der Waals surface area contributed by atoms with Gasteiger partial charge in [0.05, 0.1) is 16.2 Å². The van der Waals surface area contributed by atoms with Gasteiger partial charge in [-0.05, 0) is 30.3 Å². The molecule has 7 nitrogen and oxygen atoms in total. The molecule has 0 heterocycles. The van der Waals surface area contributed by atoms with Gasteiger partial charge in [0.2, 0.25) is 0 Å². The monoisotopic (exact) mass is 538 g/mol. The topological polar surface area (TPSA) is 90.7 Å². The third kappa shape index (κ3) is 7.61. The lowest BCUT2D eigenvalue weighted by molar-refractivity contribution is -0.386. The molecule has 0 aliphatic heterocycles. The van der Waals surface area contributed by atoms with Crippen molar-refractivity contribution >= 4 is 17.3 Å². The largest absolute Gasteiger partial charge is 0.482 e. The SMILES string of the molecule is O=C(Nc1cc(C(F)(F)F)ccc1OCC(F)(F)F)c1ccc(OCC(F)(F)C(F)F)c([N+](=O)[O-])c1. The van der Waals surface area contributed by atoms with E-state index in [2.05, 4.69) is 9.47 Å². The summed E-state index contributed by atoms with van der Waals surface area (Å²) in [5, 5.41) is 13.0. The van der Waals surface area contributed by atoms with E-state index in [0.29, 0.717) is 30.3 Å². The van der Waals surface area contributed by atoms with Crippen molar-refractivity contribution in [3.63, 3.8) is 0 Å². The van der Waals surface area contributed by atoms with Gasteiger partial charge in [0.1, 0.15) is 5.75 Å². The fourth-order valence-electron chi connectivity index (χ4n) is 2.44. The molecule has 0 bridgehead atoms. The average Bonchev–Trinajstić information content (AvgIpc) is 2.75. The molecule has 0 fully saturated rings. The first-order valence-electron chi connectivity index (χ1n) is 9.20. The molecule has 0 aliphatic carbocycles. The Morgan fingerprint density at radius 3 is 2.03 bits per heavy atom. The molecule has 0 saturated carbocycles. The number of carbonyl (C=O) groups is 1. The van der Waals surface area contributed by atoms with Crippen LogP contribution in [0.15, 0.2) is 36.4 Å². The molecule has 36 heavy (non-hydrogen) atoms. The number of nitrogens with one attached hydrogen (secondary N) is 1. The minimum atomic E-state index is -4.97. The predicted molar refractivity (Wildman–Crippen MR) is 100 cm³/mol. The van der Waals surface area contributed by atoms with Crippen molar-refractivity contribution in [1.29, 1.82) is 0 Å². The van der Waals surface area contributed by atoms with Crippen LogP contribution in [-0.4, -0.2) is 42.6 Å². The molecule has 0 unspecified atom stereocenters. The van der Waals surface area contributed by atoms with Crippen molar-refractivity contribution < 1.29 is 63.1 Å². The number of nitro groups is 1. The van der Waals surface area contributed by atoms with Gasteiger partial charge >= 0.3 is 30.4 Å². The number of halogens is 10. The number of benzene rings is 2. The smallest absolute Gasteiger partial charge is 0.422 e. The van der Waals surface area contributed by atoms with Gasteiger partial charge in [0.25, 0.3) is 5.91 Å². The summed E-state index contributed by atoms with van der Waals surface area (Å²) >= 11 is 0. The van der Waals surface area contributed by atoms with Crippen LogP contribution in [0.25, 0.3) is 0 Å². The summed E-state index contributed by atoms with van der Waals surface area (Å²) in [4.78, 5) is 22.4. The standard InChI is InChI=1S/C19H12F10N2O5/c20-16(21)17(22,23)7-35-14-3-1-9(5-12(14)31(33)34)15(32)30-11-6-10(19(27,28)29)2-4-13(11)36-8-18(24,25)26/h1-6,16H,7-8H2,(H,30,32). The van der Waals surface area contributed by atoms with Crippen LogP contribution in [0.4, 0.5) is 55.3 Å².